The molecule has 20 N–H and O–H groups in total. The molecule has 9 unspecified atom stereocenters. The van der Waals surface area contributed by atoms with Crippen LogP contribution in [0.4, 0.5) is 0 Å². The lowest BCUT2D eigenvalue weighted by molar-refractivity contribution is -0.331. The highest BCUT2D eigenvalue weighted by molar-refractivity contribution is 6.32. The number of aliphatic hydroxyl groups excluding tert-OH is 5. The third-order valence-corrected chi connectivity index (χ3v) is 23.4. The van der Waals surface area contributed by atoms with E-state index in [9.17, 15) is 65.1 Å². The minimum atomic E-state index is -2.40. The van der Waals surface area contributed by atoms with Crippen molar-refractivity contribution in [1.82, 2.24) is 57.8 Å². The van der Waals surface area contributed by atoms with Gasteiger partial charge in [0.15, 0.2) is 29.9 Å². The van der Waals surface area contributed by atoms with Crippen molar-refractivity contribution in [2.45, 2.75) is 163 Å². The van der Waals surface area contributed by atoms with Crippen molar-refractivity contribution in [2.75, 3.05) is 13.6 Å². The lowest BCUT2D eigenvalue weighted by Gasteiger charge is -2.48. The number of aliphatic carboxylic acids is 1. The number of ether oxygens (including phenoxy) is 6. The first-order chi connectivity index (χ1) is 60.5. The fourth-order valence-electron chi connectivity index (χ4n) is 15.8. The van der Waals surface area contributed by atoms with Gasteiger partial charge in [-0.3, -0.25) is 43.3 Å². The van der Waals surface area contributed by atoms with Crippen LogP contribution in [0.3, 0.4) is 0 Å². The summed E-state index contributed by atoms with van der Waals surface area (Å²) in [6.07, 6.45) is -18.0. The van der Waals surface area contributed by atoms with Crippen LogP contribution in [-0.4, -0.2) is 202 Å². The summed E-state index contributed by atoms with van der Waals surface area (Å²) < 4.78 is 40.6. The van der Waals surface area contributed by atoms with Crippen LogP contribution in [0.2, 0.25) is 15.1 Å². The van der Waals surface area contributed by atoms with Crippen LogP contribution in [0.15, 0.2) is 158 Å². The Morgan fingerprint density at radius 2 is 1.28 bits per heavy atom. The number of benzene rings is 8. The molecule has 0 aliphatic carbocycles. The number of carboxylic acid groups (broad SMARTS) is 1. The molecule has 8 amide bonds. The number of carbonyl (C=O) groups is 9. The Kier molecular flexibility index (Phi) is 27.2. The molecule has 16 rings (SSSR count). The Hall–Kier alpha value is -12.4. The highest BCUT2D eigenvalue weighted by atomic mass is 35.5. The molecule has 7 aliphatic heterocycles. The summed E-state index contributed by atoms with van der Waals surface area (Å²) in [5, 5.41) is 131. The number of rotatable bonds is 19. The van der Waals surface area contributed by atoms with E-state index in [1.54, 1.807) is 50.2 Å². The minimum absolute atomic E-state index is 0.123. The second-order valence-corrected chi connectivity index (χ2v) is 33.2. The average molecular weight is 1810 g/mol. The Bertz CT molecular complexity index is 5770. The second kappa shape index (κ2) is 38.0. The number of primary amides is 1. The molecule has 18 atom stereocenters. The topological polar surface area (TPSA) is 551 Å². The van der Waals surface area contributed by atoms with Crippen molar-refractivity contribution in [3.8, 4) is 68.2 Å². The summed E-state index contributed by atoms with van der Waals surface area (Å²) >= 11 is 20.7. The van der Waals surface area contributed by atoms with Crippen LogP contribution < -0.4 is 67.8 Å². The van der Waals surface area contributed by atoms with E-state index >= 15 is 24.0 Å². The summed E-state index contributed by atoms with van der Waals surface area (Å²) in [7, 11) is 1.47. The number of hydrogen-bond donors (Lipinski definition) is 19. The zero-order valence-electron chi connectivity index (χ0n) is 68.2. The van der Waals surface area contributed by atoms with Crippen LogP contribution >= 0.6 is 34.8 Å². The van der Waals surface area contributed by atoms with E-state index in [0.29, 0.717) is 16.1 Å². The van der Waals surface area contributed by atoms with E-state index < -0.39 is 243 Å². The van der Waals surface area contributed by atoms with Crippen molar-refractivity contribution >= 4 is 99.1 Å². The summed E-state index contributed by atoms with van der Waals surface area (Å²) in [6, 6.07) is 20.7. The first-order valence-electron chi connectivity index (χ1n) is 40.2. The van der Waals surface area contributed by atoms with Crippen LogP contribution in [0, 0.1) is 5.92 Å². The molecule has 127 heavy (non-hydrogen) atoms. The Balaban J connectivity index is 0.950. The van der Waals surface area contributed by atoms with Crippen molar-refractivity contribution in [3.05, 3.63) is 212 Å². The molecule has 0 spiro atoms. The predicted octanol–water partition coefficient (Wildman–Crippen LogP) is 5.64. The number of carboxylic acids is 1. The maximum atomic E-state index is 16.4. The number of nitrogens with one attached hydrogen (secondary N) is 9. The van der Waals surface area contributed by atoms with E-state index in [1.165, 1.54) is 25.4 Å². The quantitative estimate of drug-likeness (QED) is 0.0466. The van der Waals surface area contributed by atoms with Gasteiger partial charge < -0.3 is 128 Å². The van der Waals surface area contributed by atoms with Gasteiger partial charge in [0, 0.05) is 52.8 Å². The SMILES string of the molecule is CN[C@H](CC(C)C)C(=O)N[C@H]1C(=O)N[C@@H](CC(N)=O)C(=O)N[C@H]2C(=O)N[C@H]3C(=O)N[C@H](C(=O)N[C@H](C(=O)O)c4cc(O)cc(O)c4-c4cc3ccc4O)[C@H](O)c3ccc(c(Cl)c3)Oc3cc2cc(c3OC2OC(CNC(=O)c3cnc4ccccc4n3)C(O)C(O)C2OC2CC(C)(NCc3ccc(-c4ccc(Cl)cc4)cc3)C(O)C(C)O2)Oc2ccc(cc2Cl)[C@H]1O. The van der Waals surface area contributed by atoms with Gasteiger partial charge in [-0.1, -0.05) is 115 Å². The summed E-state index contributed by atoms with van der Waals surface area (Å²) in [5.74, 6) is -17.2. The van der Waals surface area contributed by atoms with E-state index in [2.05, 4.69) is 57.8 Å². The van der Waals surface area contributed by atoms with Gasteiger partial charge in [-0.25, -0.2) is 9.78 Å². The van der Waals surface area contributed by atoms with Gasteiger partial charge in [-0.15, -0.1) is 0 Å². The molecule has 1 aromatic heterocycles. The number of nitrogens with zero attached hydrogens (tertiary/aromatic N) is 2. The Morgan fingerprint density at radius 1 is 0.661 bits per heavy atom. The van der Waals surface area contributed by atoms with Crippen LogP contribution in [0.1, 0.15) is 121 Å². The van der Waals surface area contributed by atoms with E-state index in [-0.39, 0.29) is 58.5 Å². The number of halogens is 3. The zero-order valence-corrected chi connectivity index (χ0v) is 70.5. The van der Waals surface area contributed by atoms with Gasteiger partial charge >= 0.3 is 5.97 Å². The van der Waals surface area contributed by atoms with Gasteiger partial charge in [-0.05, 0) is 151 Å². The van der Waals surface area contributed by atoms with Crippen molar-refractivity contribution in [1.29, 1.82) is 0 Å². The number of fused-ring (bicyclic) bond motifs is 16. The van der Waals surface area contributed by atoms with Crippen LogP contribution in [-0.2, 0) is 59.1 Å². The van der Waals surface area contributed by atoms with Crippen molar-refractivity contribution in [2.24, 2.45) is 11.7 Å². The number of aromatic hydroxyl groups is 3. The molecule has 0 saturated carbocycles. The van der Waals surface area contributed by atoms with Crippen LogP contribution in [0.25, 0.3) is 33.3 Å². The molecule has 2 fully saturated rings. The molecule has 39 heteroatoms. The van der Waals surface area contributed by atoms with Crippen molar-refractivity contribution < 1.29 is 118 Å². The monoisotopic (exact) mass is 1800 g/mol. The molecule has 36 nitrogen and oxygen atoms in total. The molecule has 8 heterocycles. The van der Waals surface area contributed by atoms with Gasteiger partial charge in [0.05, 0.1) is 51.9 Å². The standard InChI is InChI=1S/C88H89Cl3N12O24/c1-37(2)24-54(93-5)80(114)102-70-72(108)43-17-22-59(50(90)26-43)123-61-28-45-29-62(76(61)127-87-77(75(111)74(110)63(125-87)36-95-79(113)56-35-94-52-8-6-7-9-53(52)97-56)126-65-33-88(4,78(112)38(3)122-65)96-34-39-10-12-40(13-11-39)41-14-19-46(89)20-15-41)124-60-23-18-44(27-51(60)91)73(109)71-85(119)101-69(86(120)121)49-30-47(104)31-58(106)66(49)48-25-42(16-21-57(48)105)67(82(116)103-71)100-83(117)68(45)99-81(115)55(32-64(92)107)98-84(70)118/h6-23,25-31,35,37-38,54-55,63,65,67-75,77-78,87,93,96,104-106,108-112H,24,32-34,36H2,1-5H3,(H2,92,107)(H,95,113)(H,98,118)(H,99,115)(H,100,117)(H,101,119)(H,102,114)(H,103,116)(H,120,121)/t38?,54-,55+,63?,65?,67-,68-,69+,70-,71+,72-,73-,74?,75?,77?,78?,87?,88?/m1/s1. The Labute approximate surface area is 738 Å². The number of amides is 8. The maximum Gasteiger partial charge on any atom is 0.330 e. The first-order valence-corrected chi connectivity index (χ1v) is 41.3. The summed E-state index contributed by atoms with van der Waals surface area (Å²) in [5.41, 5.74) is 4.79. The fourth-order valence-corrected chi connectivity index (χ4v) is 16.3. The molecule has 666 valence electrons. The normalized spacial score (nSPS) is 25.7. The van der Waals surface area contributed by atoms with Gasteiger partial charge in [0.2, 0.25) is 53.4 Å². The number of aromatic nitrogens is 2. The minimum Gasteiger partial charge on any atom is -0.508 e. The lowest BCUT2D eigenvalue weighted by Crippen LogP contribution is -2.65. The number of likely N-dealkylation sites (N-methyl/N-ethyl adjacent to an activating group) is 1. The highest BCUT2D eigenvalue weighted by Gasteiger charge is 2.53. The molecular weight excluding hydrogens is 1720 g/mol. The highest BCUT2D eigenvalue weighted by Crippen LogP contribution is 2.50. The van der Waals surface area contributed by atoms with Gasteiger partial charge in [0.1, 0.15) is 95.2 Å². The van der Waals surface area contributed by atoms with Crippen LogP contribution in [0.5, 0.6) is 46.0 Å². The summed E-state index contributed by atoms with van der Waals surface area (Å²) in [6.45, 7) is 6.45. The molecule has 11 bridgehead atoms. The number of carbonyl (C=O) groups excluding carboxylic acids is 8. The fraction of sp³-hybridized carbons (Fsp3) is 0.330. The number of nitrogens with two attached hydrogens (primary N) is 1. The van der Waals surface area contributed by atoms with E-state index in [0.717, 1.165) is 83.4 Å². The zero-order chi connectivity index (χ0) is 90.9. The molecule has 0 radical (unpaired) electrons. The third-order valence-electron chi connectivity index (χ3n) is 22.5. The average Bonchev–Trinajstić information content (AvgIpc) is 0.764. The number of phenols is 3. The number of phenolic OH excluding ortho intramolecular Hbond substituents is 3. The summed E-state index contributed by atoms with van der Waals surface area (Å²) in [4.78, 5) is 142. The largest absolute Gasteiger partial charge is 0.508 e. The van der Waals surface area contributed by atoms with Gasteiger partial charge in [0.25, 0.3) is 5.91 Å². The Morgan fingerprint density at radius 3 is 1.92 bits per heavy atom. The molecular formula is C88H89Cl3N12O24. The second-order valence-electron chi connectivity index (χ2n) is 32.0. The molecule has 9 aromatic rings. The number of para-hydroxylation sites is 2. The third kappa shape index (κ3) is 19.9. The van der Waals surface area contributed by atoms with E-state index in [4.69, 9.17) is 69.0 Å². The van der Waals surface area contributed by atoms with Gasteiger partial charge in [-0.2, -0.15) is 0 Å². The lowest BCUT2D eigenvalue weighted by atomic mass is 9.84. The smallest absolute Gasteiger partial charge is 0.330 e. The number of aliphatic hydroxyl groups is 5. The first kappa shape index (κ1) is 90.8. The molecule has 2 saturated heterocycles. The number of hydrogen-bond acceptors (Lipinski definition) is 27. The molecule has 7 aliphatic rings. The van der Waals surface area contributed by atoms with Crippen molar-refractivity contribution in [3.63, 3.8) is 0 Å². The van der Waals surface area contributed by atoms with E-state index in [1.807, 2.05) is 50.2 Å². The molecule has 8 aromatic carbocycles. The predicted molar refractivity (Wildman–Crippen MR) is 454 cm³/mol. The maximum absolute atomic E-state index is 16.4.